The molecular weight excluding hydrogens is 390 g/mol. The van der Waals surface area contributed by atoms with Crippen LogP contribution >= 0.6 is 0 Å². The van der Waals surface area contributed by atoms with Crippen molar-refractivity contribution in [1.82, 2.24) is 9.97 Å². The molecule has 0 atom stereocenters. The van der Waals surface area contributed by atoms with Crippen LogP contribution in [0, 0.1) is 6.92 Å². The second-order valence-corrected chi connectivity index (χ2v) is 7.37. The molecule has 0 N–H and O–H groups in total. The smallest absolute Gasteiger partial charge is 0.226 e. The van der Waals surface area contributed by atoms with Gasteiger partial charge in [0.05, 0.1) is 7.11 Å². The number of hydrogen-bond donors (Lipinski definition) is 0. The van der Waals surface area contributed by atoms with Crippen LogP contribution in [0.5, 0.6) is 5.88 Å². The van der Waals surface area contributed by atoms with Gasteiger partial charge in [0.25, 0.3) is 0 Å². The van der Waals surface area contributed by atoms with Gasteiger partial charge in [0.2, 0.25) is 11.8 Å². The summed E-state index contributed by atoms with van der Waals surface area (Å²) in [5.41, 5.74) is 5.30. The summed E-state index contributed by atoms with van der Waals surface area (Å²) in [5, 5.41) is 0. The molecule has 1 amide bonds. The third kappa shape index (κ3) is 5.34. The third-order valence-electron chi connectivity index (χ3n) is 5.28. The van der Waals surface area contributed by atoms with Crippen molar-refractivity contribution in [3.05, 3.63) is 71.7 Å². The molecule has 6 nitrogen and oxygen atoms in total. The first-order valence-corrected chi connectivity index (χ1v) is 10.3. The van der Waals surface area contributed by atoms with Crippen LogP contribution in [0.2, 0.25) is 0 Å². The van der Waals surface area contributed by atoms with Crippen LogP contribution < -0.4 is 9.64 Å². The Morgan fingerprint density at radius 3 is 2.42 bits per heavy atom. The van der Waals surface area contributed by atoms with Gasteiger partial charge in [-0.25, -0.2) is 4.98 Å². The molecule has 3 rings (SSSR count). The van der Waals surface area contributed by atoms with Crippen molar-refractivity contribution >= 4 is 17.4 Å². The summed E-state index contributed by atoms with van der Waals surface area (Å²) in [4.78, 5) is 34.7. The molecule has 6 heteroatoms. The van der Waals surface area contributed by atoms with Crippen LogP contribution in [-0.4, -0.2) is 35.8 Å². The number of aromatic nitrogens is 2. The molecule has 31 heavy (non-hydrogen) atoms. The molecule has 0 spiro atoms. The zero-order valence-electron chi connectivity index (χ0n) is 18.4. The van der Waals surface area contributed by atoms with Crippen LogP contribution in [0.15, 0.2) is 54.9 Å². The molecule has 0 saturated carbocycles. The Labute approximate surface area is 182 Å². The first kappa shape index (κ1) is 22.2. The number of aryl methyl sites for hydroxylation is 2. The van der Waals surface area contributed by atoms with E-state index < -0.39 is 0 Å². The number of nitrogens with zero attached hydrogens (tertiary/aromatic N) is 3. The highest BCUT2D eigenvalue weighted by molar-refractivity contribution is 5.95. The number of amides is 1. The number of pyridine rings is 2. The maximum atomic E-state index is 12.5. The van der Waals surface area contributed by atoms with Crippen LogP contribution in [0.3, 0.4) is 0 Å². The summed E-state index contributed by atoms with van der Waals surface area (Å²) in [6.45, 7) is 3.85. The maximum absolute atomic E-state index is 12.5. The van der Waals surface area contributed by atoms with Gasteiger partial charge >= 0.3 is 0 Å². The predicted molar refractivity (Wildman–Crippen MR) is 122 cm³/mol. The van der Waals surface area contributed by atoms with Gasteiger partial charge in [0, 0.05) is 49.6 Å². The number of ketones is 1. The van der Waals surface area contributed by atoms with Crippen molar-refractivity contribution in [2.45, 2.75) is 33.1 Å². The molecule has 0 aliphatic carbocycles. The quantitative estimate of drug-likeness (QED) is 0.499. The van der Waals surface area contributed by atoms with Crippen molar-refractivity contribution in [2.75, 3.05) is 19.1 Å². The number of benzene rings is 1. The van der Waals surface area contributed by atoms with Crippen molar-refractivity contribution < 1.29 is 14.3 Å². The Hall–Kier alpha value is -3.54. The number of Topliss-reactive ketones (excluding diaryl/α,β-unsaturated/α-hetero) is 1. The van der Waals surface area contributed by atoms with E-state index in [4.69, 9.17) is 4.74 Å². The van der Waals surface area contributed by atoms with E-state index >= 15 is 0 Å². The highest BCUT2D eigenvalue weighted by Gasteiger charge is 2.12. The summed E-state index contributed by atoms with van der Waals surface area (Å²) in [6.07, 6.45) is 4.88. The number of ether oxygens (including phenoxy) is 1. The van der Waals surface area contributed by atoms with Gasteiger partial charge in [0.1, 0.15) is 5.69 Å². The molecule has 0 aliphatic rings. The molecule has 2 aromatic heterocycles. The van der Waals surface area contributed by atoms with E-state index in [-0.39, 0.29) is 11.7 Å². The Morgan fingerprint density at radius 2 is 1.84 bits per heavy atom. The zero-order valence-corrected chi connectivity index (χ0v) is 18.4. The molecule has 160 valence electrons. The van der Waals surface area contributed by atoms with E-state index in [1.807, 2.05) is 44.2 Å². The predicted octanol–water partition coefficient (Wildman–Crippen LogP) is 4.65. The summed E-state index contributed by atoms with van der Waals surface area (Å²) in [5.74, 6) is 0.621. The second-order valence-electron chi connectivity index (χ2n) is 7.37. The third-order valence-corrected chi connectivity index (χ3v) is 5.28. The molecule has 0 radical (unpaired) electrons. The van der Waals surface area contributed by atoms with E-state index in [9.17, 15) is 9.59 Å². The first-order valence-electron chi connectivity index (χ1n) is 10.3. The molecule has 2 heterocycles. The molecule has 1 aromatic carbocycles. The SMILES string of the molecule is CCC(=O)N(C)c1ccc(-c2ccc(C(=O)CCc3ccc(OC)nc3)nc2)c(C)c1. The van der Waals surface area contributed by atoms with Crippen molar-refractivity contribution in [3.8, 4) is 17.0 Å². The van der Waals surface area contributed by atoms with Crippen molar-refractivity contribution in [2.24, 2.45) is 0 Å². The monoisotopic (exact) mass is 417 g/mol. The Balaban J connectivity index is 1.67. The fourth-order valence-corrected chi connectivity index (χ4v) is 3.35. The van der Waals surface area contributed by atoms with Gasteiger partial charge in [-0.05, 0) is 48.2 Å². The number of anilines is 1. The first-order chi connectivity index (χ1) is 14.9. The Morgan fingerprint density at radius 1 is 1.03 bits per heavy atom. The Kier molecular flexibility index (Phi) is 7.13. The van der Waals surface area contributed by atoms with Crippen molar-refractivity contribution in [1.29, 1.82) is 0 Å². The standard InChI is InChI=1S/C25H27N3O3/c1-5-25(30)28(3)20-9-10-21(17(2)14-20)19-8-11-22(26-16-19)23(29)12-6-18-7-13-24(31-4)27-15-18/h7-11,13-16H,5-6,12H2,1-4H3. The van der Waals surface area contributed by atoms with Gasteiger partial charge < -0.3 is 9.64 Å². The van der Waals surface area contributed by atoms with E-state index in [0.29, 0.717) is 30.8 Å². The lowest BCUT2D eigenvalue weighted by atomic mass is 10.00. The Bertz CT molecular complexity index is 1060. The summed E-state index contributed by atoms with van der Waals surface area (Å²) >= 11 is 0. The van der Waals surface area contributed by atoms with E-state index in [1.54, 1.807) is 43.6 Å². The molecule has 0 saturated heterocycles. The molecule has 0 fully saturated rings. The minimum Gasteiger partial charge on any atom is -0.481 e. The minimum absolute atomic E-state index is 0.00543. The largest absolute Gasteiger partial charge is 0.481 e. The molecule has 0 unspecified atom stereocenters. The van der Waals surface area contributed by atoms with E-state index in [0.717, 1.165) is 27.9 Å². The van der Waals surface area contributed by atoms with Crippen LogP contribution in [0.25, 0.3) is 11.1 Å². The highest BCUT2D eigenvalue weighted by atomic mass is 16.5. The zero-order chi connectivity index (χ0) is 22.4. The van der Waals surface area contributed by atoms with Gasteiger partial charge in [-0.1, -0.05) is 25.1 Å². The average Bonchev–Trinajstić information content (AvgIpc) is 2.81. The van der Waals surface area contributed by atoms with Gasteiger partial charge in [-0.3, -0.25) is 14.6 Å². The lowest BCUT2D eigenvalue weighted by Gasteiger charge is -2.18. The second kappa shape index (κ2) is 9.98. The average molecular weight is 418 g/mol. The normalized spacial score (nSPS) is 10.6. The van der Waals surface area contributed by atoms with E-state index in [2.05, 4.69) is 9.97 Å². The van der Waals surface area contributed by atoms with Gasteiger partial charge in [-0.2, -0.15) is 0 Å². The highest BCUT2D eigenvalue weighted by Crippen LogP contribution is 2.27. The fourth-order valence-electron chi connectivity index (χ4n) is 3.35. The van der Waals surface area contributed by atoms with Crippen LogP contribution in [-0.2, 0) is 11.2 Å². The number of hydrogen-bond acceptors (Lipinski definition) is 5. The lowest BCUT2D eigenvalue weighted by molar-refractivity contribution is -0.118. The van der Waals surface area contributed by atoms with Gasteiger partial charge in [0.15, 0.2) is 5.78 Å². The fraction of sp³-hybridized carbons (Fsp3) is 0.280. The maximum Gasteiger partial charge on any atom is 0.226 e. The summed E-state index contributed by atoms with van der Waals surface area (Å²) in [7, 11) is 3.35. The summed E-state index contributed by atoms with van der Waals surface area (Å²) < 4.78 is 5.05. The molecule has 0 bridgehead atoms. The lowest BCUT2D eigenvalue weighted by Crippen LogP contribution is -2.25. The molecule has 0 aliphatic heterocycles. The number of carbonyl (C=O) groups excluding carboxylic acids is 2. The van der Waals surface area contributed by atoms with E-state index in [1.165, 1.54) is 0 Å². The van der Waals surface area contributed by atoms with Crippen LogP contribution in [0.1, 0.15) is 41.4 Å². The molecular formula is C25H27N3O3. The minimum atomic E-state index is -0.00543. The van der Waals surface area contributed by atoms with Crippen molar-refractivity contribution in [3.63, 3.8) is 0 Å². The summed E-state index contributed by atoms with van der Waals surface area (Å²) in [6, 6.07) is 13.3. The van der Waals surface area contributed by atoms with Gasteiger partial charge in [-0.15, -0.1) is 0 Å². The number of rotatable bonds is 8. The van der Waals surface area contributed by atoms with Crippen LogP contribution in [0.4, 0.5) is 5.69 Å². The molecule has 3 aromatic rings. The number of methoxy groups -OCH3 is 1. The number of carbonyl (C=O) groups is 2. The topological polar surface area (TPSA) is 72.4 Å².